The molecule has 0 saturated heterocycles. The summed E-state index contributed by atoms with van der Waals surface area (Å²) in [6.45, 7) is 3.61. The van der Waals surface area contributed by atoms with E-state index in [2.05, 4.69) is 5.32 Å². The number of nitrogens with one attached hydrogen (secondary N) is 1. The van der Waals surface area contributed by atoms with Crippen LogP contribution in [0.3, 0.4) is 0 Å². The van der Waals surface area contributed by atoms with E-state index in [1.807, 2.05) is 61.5 Å². The third-order valence-electron chi connectivity index (χ3n) is 3.70. The fourth-order valence-electron chi connectivity index (χ4n) is 2.04. The van der Waals surface area contributed by atoms with Gasteiger partial charge in [0.15, 0.2) is 0 Å². The van der Waals surface area contributed by atoms with Gasteiger partial charge in [0.25, 0.3) is 0 Å². The Hall–Kier alpha value is -1.69. The first-order chi connectivity index (χ1) is 11.0. The van der Waals surface area contributed by atoms with E-state index in [-0.39, 0.29) is 30.3 Å². The zero-order chi connectivity index (χ0) is 16.8. The van der Waals surface area contributed by atoms with Gasteiger partial charge < -0.3 is 11.1 Å². The molecule has 0 radical (unpaired) electrons. The minimum Gasteiger partial charge on any atom is -0.327 e. The van der Waals surface area contributed by atoms with Crippen LogP contribution in [0.25, 0.3) is 0 Å². The Morgan fingerprint density at radius 3 is 2.42 bits per heavy atom. The minimum atomic E-state index is -1.10. The highest BCUT2D eigenvalue weighted by molar-refractivity contribution is 7.84. The lowest BCUT2D eigenvalue weighted by Crippen LogP contribution is -2.34. The van der Waals surface area contributed by atoms with Gasteiger partial charge in [0.05, 0.1) is 22.5 Å². The van der Waals surface area contributed by atoms with Gasteiger partial charge in [-0.1, -0.05) is 37.3 Å². The molecule has 2 aromatic carbocycles. The van der Waals surface area contributed by atoms with Crippen LogP contribution < -0.4 is 11.1 Å². The maximum atomic E-state index is 12.4. The van der Waals surface area contributed by atoms with Crippen molar-refractivity contribution in [2.45, 2.75) is 30.5 Å². The van der Waals surface area contributed by atoms with E-state index >= 15 is 0 Å². The van der Waals surface area contributed by atoms with Gasteiger partial charge in [-0.15, -0.1) is 12.4 Å². The van der Waals surface area contributed by atoms with E-state index in [9.17, 15) is 9.00 Å². The standard InChI is InChI=1S/C18H22N2O2S.ClH/c1-13(14(2)19)18(21)20-16-8-6-7-15(11-16)12-23(22)17-9-4-3-5-10-17;/h3-11,13-14H,12,19H2,1-2H3,(H,20,21);1H. The zero-order valence-electron chi connectivity index (χ0n) is 13.8. The normalized spacial score (nSPS) is 14.1. The summed E-state index contributed by atoms with van der Waals surface area (Å²) in [6, 6.07) is 16.6. The Kier molecular flexibility index (Phi) is 8.11. The molecule has 0 aliphatic rings. The molecular weight excluding hydrogens is 344 g/mol. The van der Waals surface area contributed by atoms with Crippen LogP contribution >= 0.6 is 12.4 Å². The number of halogens is 1. The summed E-state index contributed by atoms with van der Waals surface area (Å²) in [5.41, 5.74) is 7.36. The molecule has 4 nitrogen and oxygen atoms in total. The average Bonchev–Trinajstić information content (AvgIpc) is 2.55. The van der Waals surface area contributed by atoms with Crippen molar-refractivity contribution in [1.82, 2.24) is 0 Å². The number of carbonyl (C=O) groups excluding carboxylic acids is 1. The number of nitrogens with two attached hydrogens (primary N) is 1. The van der Waals surface area contributed by atoms with Crippen LogP contribution in [0.4, 0.5) is 5.69 Å². The molecule has 0 aliphatic carbocycles. The molecule has 0 aromatic heterocycles. The van der Waals surface area contributed by atoms with Crippen molar-refractivity contribution in [2.24, 2.45) is 11.7 Å². The summed E-state index contributed by atoms with van der Waals surface area (Å²) in [5.74, 6) is 0.0368. The van der Waals surface area contributed by atoms with E-state index in [1.165, 1.54) is 0 Å². The molecule has 2 rings (SSSR count). The SMILES string of the molecule is CC(N)C(C)C(=O)Nc1cccc(CS(=O)c2ccccc2)c1.Cl. The van der Waals surface area contributed by atoms with Crippen LogP contribution in [0.5, 0.6) is 0 Å². The smallest absolute Gasteiger partial charge is 0.228 e. The Morgan fingerprint density at radius 2 is 1.79 bits per heavy atom. The lowest BCUT2D eigenvalue weighted by atomic mass is 10.0. The minimum absolute atomic E-state index is 0. The van der Waals surface area contributed by atoms with E-state index in [4.69, 9.17) is 5.73 Å². The topological polar surface area (TPSA) is 72.2 Å². The third-order valence-corrected chi connectivity index (χ3v) is 5.09. The van der Waals surface area contributed by atoms with Crippen LogP contribution in [-0.2, 0) is 21.3 Å². The van der Waals surface area contributed by atoms with E-state index in [0.717, 1.165) is 10.5 Å². The average molecular weight is 367 g/mol. The second kappa shape index (κ2) is 9.57. The van der Waals surface area contributed by atoms with Crippen molar-refractivity contribution in [3.63, 3.8) is 0 Å². The molecule has 0 spiro atoms. The number of benzene rings is 2. The Labute approximate surface area is 151 Å². The van der Waals surface area contributed by atoms with Crippen molar-refractivity contribution in [1.29, 1.82) is 0 Å². The monoisotopic (exact) mass is 366 g/mol. The van der Waals surface area contributed by atoms with E-state index in [1.54, 1.807) is 6.92 Å². The molecular formula is C18H23ClN2O2S. The van der Waals surface area contributed by atoms with Crippen molar-refractivity contribution in [3.8, 4) is 0 Å². The Balaban J connectivity index is 0.00000288. The summed E-state index contributed by atoms with van der Waals surface area (Å²) in [7, 11) is -1.10. The molecule has 2 aromatic rings. The molecule has 3 N–H and O–H groups in total. The van der Waals surface area contributed by atoms with Crippen molar-refractivity contribution in [3.05, 3.63) is 60.2 Å². The number of hydrogen-bond acceptors (Lipinski definition) is 3. The molecule has 3 unspecified atom stereocenters. The van der Waals surface area contributed by atoms with Gasteiger partial charge in [-0.2, -0.15) is 0 Å². The molecule has 24 heavy (non-hydrogen) atoms. The summed E-state index contributed by atoms with van der Waals surface area (Å²) in [6.07, 6.45) is 0. The molecule has 3 atom stereocenters. The molecule has 0 saturated carbocycles. The highest BCUT2D eigenvalue weighted by Gasteiger charge is 2.17. The van der Waals surface area contributed by atoms with Gasteiger partial charge >= 0.3 is 0 Å². The summed E-state index contributed by atoms with van der Waals surface area (Å²) in [4.78, 5) is 12.9. The summed E-state index contributed by atoms with van der Waals surface area (Å²) < 4.78 is 12.4. The maximum absolute atomic E-state index is 12.4. The summed E-state index contributed by atoms with van der Waals surface area (Å²) in [5, 5.41) is 2.86. The number of carbonyl (C=O) groups is 1. The lowest BCUT2D eigenvalue weighted by Gasteiger charge is -2.15. The second-order valence-electron chi connectivity index (χ2n) is 5.64. The van der Waals surface area contributed by atoms with Crippen LogP contribution in [-0.4, -0.2) is 16.2 Å². The van der Waals surface area contributed by atoms with Gasteiger partial charge in [0.2, 0.25) is 5.91 Å². The molecule has 0 fully saturated rings. The van der Waals surface area contributed by atoms with Crippen molar-refractivity contribution in [2.75, 3.05) is 5.32 Å². The van der Waals surface area contributed by atoms with Gasteiger partial charge in [0.1, 0.15) is 0 Å². The van der Waals surface area contributed by atoms with E-state index < -0.39 is 10.8 Å². The predicted molar refractivity (Wildman–Crippen MR) is 102 cm³/mol. The largest absolute Gasteiger partial charge is 0.327 e. The molecule has 0 heterocycles. The molecule has 1 amide bonds. The Bertz CT molecular complexity index is 692. The van der Waals surface area contributed by atoms with Crippen molar-refractivity contribution >= 4 is 34.8 Å². The fourth-order valence-corrected chi connectivity index (χ4v) is 3.15. The van der Waals surface area contributed by atoms with E-state index in [0.29, 0.717) is 11.4 Å². The first-order valence-electron chi connectivity index (χ1n) is 7.56. The first kappa shape index (κ1) is 20.4. The van der Waals surface area contributed by atoms with Crippen LogP contribution in [0.15, 0.2) is 59.5 Å². The highest BCUT2D eigenvalue weighted by Crippen LogP contribution is 2.17. The zero-order valence-corrected chi connectivity index (χ0v) is 15.4. The van der Waals surface area contributed by atoms with Gasteiger partial charge in [0, 0.05) is 16.6 Å². The van der Waals surface area contributed by atoms with Crippen molar-refractivity contribution < 1.29 is 9.00 Å². The molecule has 6 heteroatoms. The first-order valence-corrected chi connectivity index (χ1v) is 8.88. The van der Waals surface area contributed by atoms with Gasteiger partial charge in [-0.25, -0.2) is 0 Å². The number of rotatable bonds is 6. The van der Waals surface area contributed by atoms with Gasteiger partial charge in [-0.3, -0.25) is 9.00 Å². The van der Waals surface area contributed by atoms with Crippen LogP contribution in [0.1, 0.15) is 19.4 Å². The summed E-state index contributed by atoms with van der Waals surface area (Å²) >= 11 is 0. The highest BCUT2D eigenvalue weighted by atomic mass is 35.5. The quantitative estimate of drug-likeness (QED) is 0.823. The number of amides is 1. The molecule has 0 bridgehead atoms. The molecule has 130 valence electrons. The lowest BCUT2D eigenvalue weighted by molar-refractivity contribution is -0.119. The van der Waals surface area contributed by atoms with Crippen LogP contribution in [0, 0.1) is 5.92 Å². The number of anilines is 1. The van der Waals surface area contributed by atoms with Gasteiger partial charge in [-0.05, 0) is 36.8 Å². The second-order valence-corrected chi connectivity index (χ2v) is 7.09. The molecule has 0 aliphatic heterocycles. The maximum Gasteiger partial charge on any atom is 0.228 e. The third kappa shape index (κ3) is 5.74. The van der Waals surface area contributed by atoms with Crippen LogP contribution in [0.2, 0.25) is 0 Å². The fraction of sp³-hybridized carbons (Fsp3) is 0.278. The number of hydrogen-bond donors (Lipinski definition) is 2. The predicted octanol–water partition coefficient (Wildman–Crippen LogP) is 3.34. The Morgan fingerprint density at radius 1 is 1.12 bits per heavy atom.